The second kappa shape index (κ2) is 9.89. The summed E-state index contributed by atoms with van der Waals surface area (Å²) in [5, 5.41) is 3.13. The number of carbonyl (C=O) groups excluding carboxylic acids is 1. The quantitative estimate of drug-likeness (QED) is 0.653. The number of hydrogen-bond acceptors (Lipinski definition) is 5. The van der Waals surface area contributed by atoms with Crippen LogP contribution in [-0.2, 0) is 15.1 Å². The first-order valence-electron chi connectivity index (χ1n) is 12.8. The Labute approximate surface area is 202 Å². The van der Waals surface area contributed by atoms with Gasteiger partial charge in [-0.2, -0.15) is 0 Å². The van der Waals surface area contributed by atoms with Crippen molar-refractivity contribution in [2.24, 2.45) is 10.9 Å². The first-order valence-corrected chi connectivity index (χ1v) is 12.8. The third-order valence-electron chi connectivity index (χ3n) is 8.04. The normalized spacial score (nSPS) is 23.4. The molecule has 0 bridgehead atoms. The lowest BCUT2D eigenvalue weighted by Gasteiger charge is -2.46. The summed E-state index contributed by atoms with van der Waals surface area (Å²) in [5.41, 5.74) is 3.72. The van der Waals surface area contributed by atoms with Gasteiger partial charge in [0.1, 0.15) is 0 Å². The van der Waals surface area contributed by atoms with Crippen LogP contribution >= 0.6 is 0 Å². The molecular weight excluding hydrogens is 426 g/mol. The SMILES string of the molecule is [C-]#[N+]C1=CCC(C(=O)Nc2ccc(C3(N4CCCC4)CCOCC3)cc2N2CCC(C)CC2)=N1. The minimum absolute atomic E-state index is 0.0130. The Bertz CT molecular complexity index is 1020. The van der Waals surface area contributed by atoms with Crippen LogP contribution in [-0.4, -0.2) is 55.9 Å². The monoisotopic (exact) mass is 461 g/mol. The minimum atomic E-state index is -0.213. The number of carbonyl (C=O) groups is 1. The third kappa shape index (κ3) is 4.49. The number of hydrogen-bond donors (Lipinski definition) is 1. The van der Waals surface area contributed by atoms with E-state index in [-0.39, 0.29) is 11.4 Å². The van der Waals surface area contributed by atoms with Crippen molar-refractivity contribution in [2.75, 3.05) is 49.6 Å². The average Bonchev–Trinajstić information content (AvgIpc) is 3.58. The lowest BCUT2D eigenvalue weighted by atomic mass is 9.80. The lowest BCUT2D eigenvalue weighted by Crippen LogP contribution is -2.48. The third-order valence-corrected chi connectivity index (χ3v) is 8.04. The van der Waals surface area contributed by atoms with E-state index in [0.717, 1.165) is 82.4 Å². The maximum atomic E-state index is 13.0. The van der Waals surface area contributed by atoms with Crippen LogP contribution in [0, 0.1) is 12.5 Å². The van der Waals surface area contributed by atoms with Crippen molar-refractivity contribution in [2.45, 2.75) is 57.4 Å². The van der Waals surface area contributed by atoms with E-state index in [1.807, 2.05) is 0 Å². The van der Waals surface area contributed by atoms with Gasteiger partial charge < -0.3 is 19.8 Å². The van der Waals surface area contributed by atoms with Crippen LogP contribution in [0.25, 0.3) is 4.85 Å². The molecule has 3 fully saturated rings. The number of nitrogens with zero attached hydrogens (tertiary/aromatic N) is 4. The standard InChI is InChI=1S/C27H35N5O2/c1-20-9-15-31(16-10-20)24-19-21(27(11-17-34-18-12-27)32-13-3-4-14-32)5-6-22(24)30-26(33)23-7-8-25(28-2)29-23/h5-6,8,19-20H,3-4,7,9-18H2,1H3,(H,30,33). The molecule has 0 saturated carbocycles. The lowest BCUT2D eigenvalue weighted by molar-refractivity contribution is -0.110. The maximum Gasteiger partial charge on any atom is 0.294 e. The number of piperidine rings is 1. The molecule has 0 aromatic heterocycles. The number of nitrogens with one attached hydrogen (secondary N) is 1. The summed E-state index contributed by atoms with van der Waals surface area (Å²) in [7, 11) is 0. The van der Waals surface area contributed by atoms with Gasteiger partial charge in [0.2, 0.25) is 0 Å². The van der Waals surface area contributed by atoms with E-state index in [0.29, 0.717) is 18.0 Å². The van der Waals surface area contributed by atoms with Gasteiger partial charge in [0.15, 0.2) is 5.71 Å². The summed E-state index contributed by atoms with van der Waals surface area (Å²) in [6.45, 7) is 15.3. The fraction of sp³-hybridized carbons (Fsp3) is 0.593. The summed E-state index contributed by atoms with van der Waals surface area (Å²) in [6, 6.07) is 6.65. The Morgan fingerprint density at radius 2 is 1.91 bits per heavy atom. The molecule has 1 aromatic rings. The molecule has 1 N–H and O–H groups in total. The molecule has 4 aliphatic rings. The van der Waals surface area contributed by atoms with E-state index in [4.69, 9.17) is 11.3 Å². The molecule has 4 heterocycles. The zero-order chi connectivity index (χ0) is 23.5. The molecule has 0 unspecified atom stereocenters. The molecular formula is C27H35N5O2. The van der Waals surface area contributed by atoms with Gasteiger partial charge in [-0.1, -0.05) is 25.6 Å². The Balaban J connectivity index is 1.48. The Hall–Kier alpha value is -2.69. The highest BCUT2D eigenvalue weighted by atomic mass is 16.5. The van der Waals surface area contributed by atoms with Gasteiger partial charge in [-0.25, -0.2) is 0 Å². The Kier molecular flexibility index (Phi) is 6.71. The number of amides is 1. The highest BCUT2D eigenvalue weighted by Crippen LogP contribution is 2.43. The van der Waals surface area contributed by atoms with E-state index in [1.54, 1.807) is 6.08 Å². The van der Waals surface area contributed by atoms with Crippen molar-refractivity contribution >= 4 is 23.0 Å². The molecule has 34 heavy (non-hydrogen) atoms. The molecule has 4 aliphatic heterocycles. The molecule has 3 saturated heterocycles. The zero-order valence-corrected chi connectivity index (χ0v) is 20.2. The van der Waals surface area contributed by atoms with Crippen molar-refractivity contribution < 1.29 is 9.53 Å². The predicted octanol–water partition coefficient (Wildman–Crippen LogP) is 4.57. The van der Waals surface area contributed by atoms with Gasteiger partial charge in [0.25, 0.3) is 11.7 Å². The highest BCUT2D eigenvalue weighted by Gasteiger charge is 2.41. The van der Waals surface area contributed by atoms with Gasteiger partial charge in [-0.15, -0.1) is 4.99 Å². The first-order chi connectivity index (χ1) is 16.6. The summed E-state index contributed by atoms with van der Waals surface area (Å²) in [6.07, 6.45) is 8.99. The molecule has 7 heteroatoms. The second-order valence-electron chi connectivity index (χ2n) is 10.1. The number of aliphatic imine (C=N–C) groups is 1. The highest BCUT2D eigenvalue weighted by molar-refractivity contribution is 6.44. The summed E-state index contributed by atoms with van der Waals surface area (Å²) < 4.78 is 5.78. The van der Waals surface area contributed by atoms with E-state index < -0.39 is 0 Å². The van der Waals surface area contributed by atoms with Crippen LogP contribution in [0.3, 0.4) is 0 Å². The average molecular weight is 462 g/mol. The molecule has 180 valence electrons. The topological polar surface area (TPSA) is 61.5 Å². The smallest absolute Gasteiger partial charge is 0.294 e. The summed E-state index contributed by atoms with van der Waals surface area (Å²) in [5.74, 6) is 0.822. The Morgan fingerprint density at radius 3 is 2.59 bits per heavy atom. The van der Waals surface area contributed by atoms with Crippen LogP contribution in [0.5, 0.6) is 0 Å². The minimum Gasteiger partial charge on any atom is -0.381 e. The Morgan fingerprint density at radius 1 is 1.18 bits per heavy atom. The van der Waals surface area contributed by atoms with Crippen LogP contribution < -0.4 is 10.2 Å². The van der Waals surface area contributed by atoms with Crippen LogP contribution in [0.4, 0.5) is 11.4 Å². The number of benzene rings is 1. The van der Waals surface area contributed by atoms with Gasteiger partial charge in [0, 0.05) is 32.7 Å². The second-order valence-corrected chi connectivity index (χ2v) is 10.1. The number of ether oxygens (including phenoxy) is 1. The predicted molar refractivity (Wildman–Crippen MR) is 135 cm³/mol. The molecule has 5 rings (SSSR count). The number of likely N-dealkylation sites (tertiary alicyclic amines) is 1. The molecule has 1 amide bonds. The number of anilines is 2. The maximum absolute atomic E-state index is 13.0. The van der Waals surface area contributed by atoms with Crippen LogP contribution in [0.1, 0.15) is 57.4 Å². The van der Waals surface area contributed by atoms with Crippen molar-refractivity contribution in [3.63, 3.8) is 0 Å². The summed E-state index contributed by atoms with van der Waals surface area (Å²) in [4.78, 5) is 25.7. The zero-order valence-electron chi connectivity index (χ0n) is 20.2. The molecule has 0 spiro atoms. The molecule has 0 radical (unpaired) electrons. The molecule has 1 aromatic carbocycles. The first kappa shape index (κ1) is 23.1. The van der Waals surface area contributed by atoms with E-state index in [1.165, 1.54) is 18.4 Å². The fourth-order valence-corrected chi connectivity index (χ4v) is 5.91. The van der Waals surface area contributed by atoms with Crippen molar-refractivity contribution in [3.8, 4) is 0 Å². The fourth-order valence-electron chi connectivity index (χ4n) is 5.91. The van der Waals surface area contributed by atoms with Gasteiger partial charge in [-0.3, -0.25) is 9.69 Å². The van der Waals surface area contributed by atoms with Crippen LogP contribution in [0.2, 0.25) is 0 Å². The van der Waals surface area contributed by atoms with Gasteiger partial charge in [-0.05, 0) is 75.2 Å². The van der Waals surface area contributed by atoms with E-state index in [9.17, 15) is 4.79 Å². The van der Waals surface area contributed by atoms with E-state index >= 15 is 0 Å². The van der Waals surface area contributed by atoms with Crippen molar-refractivity contribution in [3.05, 3.63) is 47.1 Å². The summed E-state index contributed by atoms with van der Waals surface area (Å²) >= 11 is 0. The molecule has 0 aliphatic carbocycles. The number of rotatable bonds is 5. The van der Waals surface area contributed by atoms with Crippen LogP contribution in [0.15, 0.2) is 35.1 Å². The van der Waals surface area contributed by atoms with Gasteiger partial charge in [0.05, 0.1) is 16.9 Å². The molecule has 0 atom stereocenters. The van der Waals surface area contributed by atoms with E-state index in [2.05, 4.69) is 50.1 Å². The molecule has 7 nitrogen and oxygen atoms in total. The largest absolute Gasteiger partial charge is 0.381 e. The van der Waals surface area contributed by atoms with Gasteiger partial charge >= 0.3 is 0 Å². The van der Waals surface area contributed by atoms with Crippen molar-refractivity contribution in [1.29, 1.82) is 0 Å². The van der Waals surface area contributed by atoms with Crippen molar-refractivity contribution in [1.82, 2.24) is 4.90 Å². The number of allylic oxidation sites excluding steroid dienone is 1.